The molecule has 1 aromatic rings. The topological polar surface area (TPSA) is 55.5 Å². The van der Waals surface area contributed by atoms with E-state index in [4.69, 9.17) is 5.73 Å². The predicted molar refractivity (Wildman–Crippen MR) is 58.9 cm³/mol. The van der Waals surface area contributed by atoms with Crippen molar-refractivity contribution in [1.82, 2.24) is 0 Å². The second kappa shape index (κ2) is 6.62. The van der Waals surface area contributed by atoms with Crippen LogP contribution in [0, 0.1) is 0 Å². The summed E-state index contributed by atoms with van der Waals surface area (Å²) in [7, 11) is 0. The summed E-state index contributed by atoms with van der Waals surface area (Å²) in [6.45, 7) is -1.27. The summed E-state index contributed by atoms with van der Waals surface area (Å²) < 4.78 is 27.8. The van der Waals surface area contributed by atoms with Crippen molar-refractivity contribution in [2.24, 2.45) is 5.73 Å². The van der Waals surface area contributed by atoms with E-state index >= 15 is 0 Å². The smallest absolute Gasteiger partial charge is 0.387 e. The highest BCUT2D eigenvalue weighted by atomic mass is 35.5. The fourth-order valence-corrected chi connectivity index (χ4v) is 1.15. The Labute approximate surface area is 98.6 Å². The zero-order valence-electron chi connectivity index (χ0n) is 8.64. The Kier molecular flexibility index (Phi) is 6.25. The highest BCUT2D eigenvalue weighted by molar-refractivity contribution is 5.85. The van der Waals surface area contributed by atoms with Crippen LogP contribution in [0.15, 0.2) is 24.3 Å². The molecule has 16 heavy (non-hydrogen) atoms. The number of hydrogen-bond acceptors (Lipinski definition) is 3. The van der Waals surface area contributed by atoms with E-state index in [1.165, 1.54) is 12.1 Å². The maximum Gasteiger partial charge on any atom is 0.387 e. The van der Waals surface area contributed by atoms with Crippen molar-refractivity contribution in [3.05, 3.63) is 29.8 Å². The molecule has 3 nitrogen and oxygen atoms in total. The van der Waals surface area contributed by atoms with Crippen LogP contribution in [0.5, 0.6) is 5.75 Å². The summed E-state index contributed by atoms with van der Waals surface area (Å²) in [6.07, 6.45) is -0.688. The van der Waals surface area contributed by atoms with Crippen LogP contribution in [0.2, 0.25) is 0 Å². The molecule has 0 saturated heterocycles. The third-order valence-corrected chi connectivity index (χ3v) is 2.01. The number of rotatable bonds is 4. The maximum absolute atomic E-state index is 11.8. The molecular weight excluding hydrogens is 240 g/mol. The van der Waals surface area contributed by atoms with Crippen molar-refractivity contribution < 1.29 is 18.6 Å². The lowest BCUT2D eigenvalue weighted by molar-refractivity contribution is -0.0498. The summed E-state index contributed by atoms with van der Waals surface area (Å²) in [4.78, 5) is 0. The van der Waals surface area contributed by atoms with Crippen LogP contribution in [-0.2, 0) is 0 Å². The first-order chi connectivity index (χ1) is 7.00. The van der Waals surface area contributed by atoms with Gasteiger partial charge in [0.25, 0.3) is 0 Å². The van der Waals surface area contributed by atoms with Crippen LogP contribution in [0.25, 0.3) is 0 Å². The molecule has 0 amide bonds. The molecule has 0 aliphatic carbocycles. The van der Waals surface area contributed by atoms with Crippen LogP contribution in [0.4, 0.5) is 8.78 Å². The van der Waals surface area contributed by atoms with E-state index < -0.39 is 18.8 Å². The molecule has 92 valence electrons. The Balaban J connectivity index is 0.00000225. The summed E-state index contributed by atoms with van der Waals surface area (Å²) in [5, 5.41) is 9.21. The van der Waals surface area contributed by atoms with E-state index in [2.05, 4.69) is 4.74 Å². The number of aliphatic hydroxyl groups excluding tert-OH is 1. The lowest BCUT2D eigenvalue weighted by Gasteiger charge is -2.15. The van der Waals surface area contributed by atoms with E-state index in [0.717, 1.165) is 0 Å². The van der Waals surface area contributed by atoms with E-state index in [-0.39, 0.29) is 18.2 Å². The van der Waals surface area contributed by atoms with Crippen LogP contribution in [0.1, 0.15) is 18.5 Å². The fourth-order valence-electron chi connectivity index (χ4n) is 1.15. The molecule has 0 fully saturated rings. The zero-order chi connectivity index (χ0) is 11.4. The monoisotopic (exact) mass is 253 g/mol. The minimum atomic E-state index is -2.83. The first-order valence-corrected chi connectivity index (χ1v) is 4.49. The summed E-state index contributed by atoms with van der Waals surface area (Å²) in [5.74, 6) is 0.0755. The highest BCUT2D eigenvalue weighted by Crippen LogP contribution is 2.19. The molecule has 0 heterocycles. The van der Waals surface area contributed by atoms with E-state index in [1.54, 1.807) is 19.1 Å². The lowest BCUT2D eigenvalue weighted by Crippen LogP contribution is -2.22. The van der Waals surface area contributed by atoms with Gasteiger partial charge in [-0.25, -0.2) is 0 Å². The number of halogens is 3. The first kappa shape index (κ1) is 15.1. The van der Waals surface area contributed by atoms with E-state index in [1.807, 2.05) is 0 Å². The Bertz CT molecular complexity index is 306. The van der Waals surface area contributed by atoms with E-state index in [9.17, 15) is 13.9 Å². The Morgan fingerprint density at radius 2 is 1.75 bits per heavy atom. The summed E-state index contributed by atoms with van der Waals surface area (Å²) >= 11 is 0. The van der Waals surface area contributed by atoms with Gasteiger partial charge in [-0.15, -0.1) is 12.4 Å². The van der Waals surface area contributed by atoms with Crippen LogP contribution < -0.4 is 10.5 Å². The molecule has 0 aliphatic heterocycles. The summed E-state index contributed by atoms with van der Waals surface area (Å²) in [6, 6.07) is 5.36. The third-order valence-electron chi connectivity index (χ3n) is 2.01. The van der Waals surface area contributed by atoms with Crippen LogP contribution >= 0.6 is 12.4 Å². The van der Waals surface area contributed by atoms with Gasteiger partial charge < -0.3 is 15.6 Å². The largest absolute Gasteiger partial charge is 0.435 e. The number of alkyl halides is 2. The molecule has 0 unspecified atom stereocenters. The zero-order valence-corrected chi connectivity index (χ0v) is 9.45. The van der Waals surface area contributed by atoms with Gasteiger partial charge in [-0.05, 0) is 24.6 Å². The molecule has 0 saturated carbocycles. The number of nitrogens with two attached hydrogens (primary N) is 1. The minimum Gasteiger partial charge on any atom is -0.435 e. The number of aliphatic hydroxyl groups is 1. The highest BCUT2D eigenvalue weighted by Gasteiger charge is 2.12. The van der Waals surface area contributed by atoms with Gasteiger partial charge in [0.15, 0.2) is 0 Å². The Morgan fingerprint density at radius 1 is 1.25 bits per heavy atom. The SMILES string of the molecule is C[C@@H](O)[C@@H](N)c1ccc(OC(F)F)cc1.Cl. The second-order valence-electron chi connectivity index (χ2n) is 3.21. The van der Waals surface area contributed by atoms with Crippen LogP contribution in [0.3, 0.4) is 0 Å². The molecular formula is C10H14ClF2NO2. The Hall–Kier alpha value is -0.910. The average Bonchev–Trinajstić information content (AvgIpc) is 2.17. The van der Waals surface area contributed by atoms with Gasteiger partial charge in [0.05, 0.1) is 12.1 Å². The molecule has 6 heteroatoms. The predicted octanol–water partition coefficient (Wildman–Crippen LogP) is 2.09. The number of benzene rings is 1. The molecule has 3 N–H and O–H groups in total. The quantitative estimate of drug-likeness (QED) is 0.864. The standard InChI is InChI=1S/C10H13F2NO2.ClH/c1-6(14)9(13)7-2-4-8(5-3-7)15-10(11)12;/h2-6,9-10,14H,13H2,1H3;1H/t6-,9-;/m1./s1. The summed E-state index contributed by atoms with van der Waals surface area (Å²) in [5.41, 5.74) is 6.32. The molecule has 0 spiro atoms. The van der Waals surface area contributed by atoms with Crippen molar-refractivity contribution in [2.75, 3.05) is 0 Å². The fraction of sp³-hybridized carbons (Fsp3) is 0.400. The van der Waals surface area contributed by atoms with Gasteiger partial charge in [0.1, 0.15) is 5.75 Å². The second-order valence-corrected chi connectivity index (χ2v) is 3.21. The van der Waals surface area contributed by atoms with Gasteiger partial charge in [-0.1, -0.05) is 12.1 Å². The third kappa shape index (κ3) is 4.30. The molecule has 0 aromatic heterocycles. The molecule has 0 aliphatic rings. The van der Waals surface area contributed by atoms with Gasteiger partial charge >= 0.3 is 6.61 Å². The van der Waals surface area contributed by atoms with Gasteiger partial charge in [-0.2, -0.15) is 8.78 Å². The molecule has 0 bridgehead atoms. The molecule has 0 radical (unpaired) electrons. The van der Waals surface area contributed by atoms with Gasteiger partial charge in [0, 0.05) is 0 Å². The number of hydrogen-bond donors (Lipinski definition) is 2. The Morgan fingerprint density at radius 3 is 2.12 bits per heavy atom. The van der Waals surface area contributed by atoms with Crippen LogP contribution in [-0.4, -0.2) is 17.8 Å². The number of ether oxygens (including phenoxy) is 1. The molecule has 1 rings (SSSR count). The molecule has 1 aromatic carbocycles. The van der Waals surface area contributed by atoms with Crippen molar-refractivity contribution in [3.63, 3.8) is 0 Å². The van der Waals surface area contributed by atoms with Crippen molar-refractivity contribution in [2.45, 2.75) is 25.7 Å². The first-order valence-electron chi connectivity index (χ1n) is 4.49. The van der Waals surface area contributed by atoms with Crippen molar-refractivity contribution in [3.8, 4) is 5.75 Å². The molecule has 2 atom stereocenters. The lowest BCUT2D eigenvalue weighted by atomic mass is 10.0. The minimum absolute atomic E-state index is 0. The van der Waals surface area contributed by atoms with Gasteiger partial charge in [-0.3, -0.25) is 0 Å². The van der Waals surface area contributed by atoms with E-state index in [0.29, 0.717) is 5.56 Å². The maximum atomic E-state index is 11.8. The van der Waals surface area contributed by atoms with Gasteiger partial charge in [0.2, 0.25) is 0 Å². The average molecular weight is 254 g/mol. The van der Waals surface area contributed by atoms with Crippen molar-refractivity contribution in [1.29, 1.82) is 0 Å². The van der Waals surface area contributed by atoms with Crippen molar-refractivity contribution >= 4 is 12.4 Å². The normalized spacial score (nSPS) is 14.1.